The van der Waals surface area contributed by atoms with Crippen LogP contribution in [0.2, 0.25) is 0 Å². The number of hydrogen-bond donors (Lipinski definition) is 1. The molecule has 6 unspecified atom stereocenters. The maximum atomic E-state index is 13.0. The Kier molecular flexibility index (Phi) is 4.70. The lowest BCUT2D eigenvalue weighted by Crippen LogP contribution is -2.64. The summed E-state index contributed by atoms with van der Waals surface area (Å²) in [6.07, 6.45) is 8.34. The van der Waals surface area contributed by atoms with Crippen LogP contribution in [0.25, 0.3) is 0 Å². The van der Waals surface area contributed by atoms with Crippen molar-refractivity contribution in [3.05, 3.63) is 0 Å². The van der Waals surface area contributed by atoms with E-state index in [9.17, 15) is 4.79 Å². The summed E-state index contributed by atoms with van der Waals surface area (Å²) in [4.78, 5) is 15.8. The van der Waals surface area contributed by atoms with E-state index in [4.69, 9.17) is 5.73 Å². The van der Waals surface area contributed by atoms with E-state index in [0.29, 0.717) is 35.6 Å². The van der Waals surface area contributed by atoms with Crippen molar-refractivity contribution in [2.24, 2.45) is 29.4 Å². The molecule has 2 aliphatic carbocycles. The van der Waals surface area contributed by atoms with Gasteiger partial charge in [0, 0.05) is 23.9 Å². The number of carbonyl (C=O) groups excluding carboxylic acids is 1. The van der Waals surface area contributed by atoms with Crippen LogP contribution in [0.15, 0.2) is 0 Å². The molecule has 0 aromatic rings. The van der Waals surface area contributed by atoms with Crippen LogP contribution < -0.4 is 5.73 Å². The van der Waals surface area contributed by atoms with Crippen LogP contribution >= 0.6 is 0 Å². The van der Waals surface area contributed by atoms with Crippen LogP contribution in [0.1, 0.15) is 58.8 Å². The van der Waals surface area contributed by atoms with Crippen molar-refractivity contribution in [1.82, 2.24) is 4.90 Å². The second-order valence-corrected chi connectivity index (χ2v) is 7.75. The summed E-state index contributed by atoms with van der Waals surface area (Å²) in [5.74, 6) is 2.66. The Hall–Kier alpha value is -0.410. The Morgan fingerprint density at radius 1 is 1.10 bits per heavy atom. The van der Waals surface area contributed by atoms with Crippen LogP contribution in [-0.2, 0) is 4.79 Å². The van der Waals surface area contributed by atoms with E-state index in [2.05, 4.69) is 18.7 Å². The zero-order valence-corrected chi connectivity index (χ0v) is 13.8. The Bertz CT molecular complexity index is 383. The van der Waals surface area contributed by atoms with Crippen molar-refractivity contribution in [1.29, 1.82) is 0 Å². The first-order valence-electron chi connectivity index (χ1n) is 9.14. The van der Waals surface area contributed by atoms with E-state index < -0.39 is 0 Å². The molecule has 6 atom stereocenters. The van der Waals surface area contributed by atoms with Gasteiger partial charge in [-0.05, 0) is 57.0 Å². The highest BCUT2D eigenvalue weighted by molar-refractivity contribution is 5.86. The number of nitrogens with zero attached hydrogens (tertiary/aromatic N) is 1. The first-order chi connectivity index (χ1) is 10.1. The molecule has 3 nitrogen and oxygen atoms in total. The third-order valence-corrected chi connectivity index (χ3v) is 6.67. The van der Waals surface area contributed by atoms with Gasteiger partial charge in [-0.2, -0.15) is 0 Å². The molecule has 2 saturated carbocycles. The van der Waals surface area contributed by atoms with Crippen molar-refractivity contribution < 1.29 is 4.79 Å². The average Bonchev–Trinajstić information content (AvgIpc) is 2.51. The Morgan fingerprint density at radius 3 is 2.62 bits per heavy atom. The number of likely N-dealkylation sites (tertiary alicyclic amines) is 1. The summed E-state index contributed by atoms with van der Waals surface area (Å²) < 4.78 is 0. The number of nitrogens with two attached hydrogens (primary N) is 1. The number of carbonyl (C=O) groups is 1. The Morgan fingerprint density at radius 2 is 1.86 bits per heavy atom. The van der Waals surface area contributed by atoms with Crippen molar-refractivity contribution in [2.75, 3.05) is 13.1 Å². The molecular formula is C18H32N2O. The van der Waals surface area contributed by atoms with Gasteiger partial charge < -0.3 is 5.73 Å². The zero-order chi connectivity index (χ0) is 15.0. The first-order valence-corrected chi connectivity index (χ1v) is 9.14. The SMILES string of the molecule is CC1CCC2C(=O)C3CCCCC3N(CCCN)C2C1C. The quantitative estimate of drug-likeness (QED) is 0.870. The number of fused-ring (bicyclic) bond motifs is 2. The molecule has 3 fully saturated rings. The number of rotatable bonds is 3. The lowest BCUT2D eigenvalue weighted by molar-refractivity contribution is -0.148. The van der Waals surface area contributed by atoms with Crippen molar-refractivity contribution in [3.8, 4) is 0 Å². The molecule has 3 aliphatic rings. The molecule has 3 rings (SSSR count). The predicted octanol–water partition coefficient (Wildman–Crippen LogP) is 2.83. The summed E-state index contributed by atoms with van der Waals surface area (Å²) in [7, 11) is 0. The summed E-state index contributed by atoms with van der Waals surface area (Å²) in [6, 6.07) is 1.01. The molecule has 1 saturated heterocycles. The fourth-order valence-corrected chi connectivity index (χ4v) is 5.35. The average molecular weight is 292 g/mol. The van der Waals surface area contributed by atoms with E-state index >= 15 is 0 Å². The van der Waals surface area contributed by atoms with Crippen molar-refractivity contribution in [3.63, 3.8) is 0 Å². The van der Waals surface area contributed by atoms with E-state index in [-0.39, 0.29) is 0 Å². The fourth-order valence-electron chi connectivity index (χ4n) is 5.35. The minimum absolute atomic E-state index is 0.313. The van der Waals surface area contributed by atoms with E-state index in [1.165, 1.54) is 25.7 Å². The molecule has 0 aromatic carbocycles. The molecule has 0 amide bonds. The number of piperidine rings is 1. The highest BCUT2D eigenvalue weighted by Crippen LogP contribution is 2.46. The second-order valence-electron chi connectivity index (χ2n) is 7.75. The number of Topliss-reactive ketones (excluding diaryl/α,β-unsaturated/α-hetero) is 1. The molecule has 0 spiro atoms. The number of ketones is 1. The molecule has 1 aliphatic heterocycles. The van der Waals surface area contributed by atoms with Crippen molar-refractivity contribution in [2.45, 2.75) is 70.9 Å². The van der Waals surface area contributed by atoms with Gasteiger partial charge in [0.15, 0.2) is 0 Å². The normalized spacial score (nSPS) is 44.2. The molecule has 21 heavy (non-hydrogen) atoms. The monoisotopic (exact) mass is 292 g/mol. The first kappa shape index (κ1) is 15.5. The van der Waals surface area contributed by atoms with E-state index in [0.717, 1.165) is 38.3 Å². The Labute approximate surface area is 129 Å². The van der Waals surface area contributed by atoms with Crippen LogP contribution in [0.4, 0.5) is 0 Å². The smallest absolute Gasteiger partial charge is 0.142 e. The van der Waals surface area contributed by atoms with Gasteiger partial charge in [-0.1, -0.05) is 26.7 Å². The largest absolute Gasteiger partial charge is 0.330 e. The molecule has 1 heterocycles. The Balaban J connectivity index is 1.89. The maximum absolute atomic E-state index is 13.0. The standard InChI is InChI=1S/C18H32N2O/c1-12-8-9-15-17(13(12)2)20(11-5-10-19)16-7-4-3-6-14(16)18(15)21/h12-17H,3-11,19H2,1-2H3. The molecule has 120 valence electrons. The van der Waals surface area contributed by atoms with Gasteiger partial charge in [-0.25, -0.2) is 0 Å². The van der Waals surface area contributed by atoms with Gasteiger partial charge in [-0.3, -0.25) is 9.69 Å². The minimum Gasteiger partial charge on any atom is -0.330 e. The van der Waals surface area contributed by atoms with Gasteiger partial charge in [0.2, 0.25) is 0 Å². The van der Waals surface area contributed by atoms with Crippen LogP contribution in [0.5, 0.6) is 0 Å². The van der Waals surface area contributed by atoms with Crippen molar-refractivity contribution >= 4 is 5.78 Å². The third kappa shape index (κ3) is 2.68. The van der Waals surface area contributed by atoms with Crippen LogP contribution in [0, 0.1) is 23.7 Å². The van der Waals surface area contributed by atoms with Gasteiger partial charge in [0.05, 0.1) is 0 Å². The maximum Gasteiger partial charge on any atom is 0.142 e. The summed E-state index contributed by atoms with van der Waals surface area (Å²) >= 11 is 0. The molecule has 3 heteroatoms. The van der Waals surface area contributed by atoms with Gasteiger partial charge in [-0.15, -0.1) is 0 Å². The summed E-state index contributed by atoms with van der Waals surface area (Å²) in [5, 5.41) is 0. The predicted molar refractivity (Wildman–Crippen MR) is 86.0 cm³/mol. The minimum atomic E-state index is 0.313. The lowest BCUT2D eigenvalue weighted by atomic mass is 9.62. The van der Waals surface area contributed by atoms with Gasteiger partial charge in [0.1, 0.15) is 5.78 Å². The van der Waals surface area contributed by atoms with Crippen LogP contribution in [0.3, 0.4) is 0 Å². The topological polar surface area (TPSA) is 46.3 Å². The number of hydrogen-bond acceptors (Lipinski definition) is 3. The second kappa shape index (κ2) is 6.37. The fraction of sp³-hybridized carbons (Fsp3) is 0.944. The van der Waals surface area contributed by atoms with E-state index in [1.807, 2.05) is 0 Å². The summed E-state index contributed by atoms with van der Waals surface area (Å²) in [5.41, 5.74) is 5.78. The molecular weight excluding hydrogens is 260 g/mol. The molecule has 0 bridgehead atoms. The van der Waals surface area contributed by atoms with Gasteiger partial charge in [0.25, 0.3) is 0 Å². The van der Waals surface area contributed by atoms with Gasteiger partial charge >= 0.3 is 0 Å². The molecule has 0 aromatic heterocycles. The summed E-state index contributed by atoms with van der Waals surface area (Å²) in [6.45, 7) is 6.62. The van der Waals surface area contributed by atoms with Crippen LogP contribution in [-0.4, -0.2) is 35.9 Å². The highest BCUT2D eigenvalue weighted by atomic mass is 16.1. The third-order valence-electron chi connectivity index (χ3n) is 6.67. The zero-order valence-electron chi connectivity index (χ0n) is 13.8. The van der Waals surface area contributed by atoms with E-state index in [1.54, 1.807) is 0 Å². The highest BCUT2D eigenvalue weighted by Gasteiger charge is 2.52. The lowest BCUT2D eigenvalue weighted by Gasteiger charge is -2.56. The molecule has 0 radical (unpaired) electrons. The molecule has 2 N–H and O–H groups in total.